The number of nitrogens with one attached hydrogen (secondary N) is 2. The van der Waals surface area contributed by atoms with E-state index in [1.807, 2.05) is 31.2 Å². The zero-order valence-corrected chi connectivity index (χ0v) is 14.4. The molecule has 24 heavy (non-hydrogen) atoms. The van der Waals surface area contributed by atoms with Crippen molar-refractivity contribution in [2.24, 2.45) is 0 Å². The van der Waals surface area contributed by atoms with Crippen LogP contribution in [-0.2, 0) is 0 Å². The van der Waals surface area contributed by atoms with Crippen molar-refractivity contribution in [2.45, 2.75) is 39.2 Å². The lowest BCUT2D eigenvalue weighted by atomic mass is 9.98. The topological polar surface area (TPSA) is 101 Å². The minimum Gasteiger partial charge on any atom is -0.358 e. The second-order valence-corrected chi connectivity index (χ2v) is 6.13. The first kappa shape index (κ1) is 17.9. The molecule has 0 spiro atoms. The maximum atomic E-state index is 12.3. The molecule has 1 aromatic carbocycles. The van der Waals surface area contributed by atoms with E-state index >= 15 is 0 Å². The van der Waals surface area contributed by atoms with E-state index in [9.17, 15) is 14.9 Å². The molecule has 1 aromatic heterocycles. The molecular formula is C16H19ClN4O3. The maximum Gasteiger partial charge on any atom is 0.362 e. The highest BCUT2D eigenvalue weighted by Crippen LogP contribution is 2.26. The third kappa shape index (κ3) is 3.73. The molecule has 1 amide bonds. The van der Waals surface area contributed by atoms with E-state index in [1.165, 1.54) is 5.56 Å². The van der Waals surface area contributed by atoms with Gasteiger partial charge in [-0.05, 0) is 28.4 Å². The standard InChI is InChI=1S/C16H19ClN4O3/c1-4-12(11-7-5-10(6-8-11)9(2)3)18-16(22)14-13(17)15(20-19-14)21(23)24/h5-9,12H,4H2,1-3H3,(H,18,22)(H,19,20)/t12-/m0/s1. The number of hydrogen-bond acceptors (Lipinski definition) is 4. The van der Waals surface area contributed by atoms with Gasteiger partial charge in [0.25, 0.3) is 5.91 Å². The van der Waals surface area contributed by atoms with Gasteiger partial charge in [0.1, 0.15) is 0 Å². The number of carbonyl (C=O) groups is 1. The van der Waals surface area contributed by atoms with Crippen molar-refractivity contribution in [3.8, 4) is 0 Å². The first-order chi connectivity index (χ1) is 11.3. The summed E-state index contributed by atoms with van der Waals surface area (Å²) in [5, 5.41) is 19.1. The van der Waals surface area contributed by atoms with Crippen molar-refractivity contribution < 1.29 is 9.72 Å². The molecule has 1 atom stereocenters. The van der Waals surface area contributed by atoms with Gasteiger partial charge in [0.2, 0.25) is 0 Å². The van der Waals surface area contributed by atoms with Gasteiger partial charge in [0.15, 0.2) is 10.7 Å². The Morgan fingerprint density at radius 3 is 2.38 bits per heavy atom. The average Bonchev–Trinajstić information content (AvgIpc) is 2.94. The van der Waals surface area contributed by atoms with Crippen molar-refractivity contribution in [1.29, 1.82) is 0 Å². The van der Waals surface area contributed by atoms with Gasteiger partial charge >= 0.3 is 5.82 Å². The summed E-state index contributed by atoms with van der Waals surface area (Å²) in [6.45, 7) is 6.16. The first-order valence-corrected chi connectivity index (χ1v) is 8.01. The molecule has 0 bridgehead atoms. The van der Waals surface area contributed by atoms with Crippen molar-refractivity contribution in [2.75, 3.05) is 0 Å². The Balaban J connectivity index is 2.18. The number of amides is 1. The van der Waals surface area contributed by atoms with Crippen LogP contribution in [0.1, 0.15) is 60.8 Å². The number of aromatic nitrogens is 2. The van der Waals surface area contributed by atoms with Crippen molar-refractivity contribution >= 4 is 23.3 Å². The van der Waals surface area contributed by atoms with E-state index in [-0.39, 0.29) is 16.8 Å². The second kappa shape index (κ2) is 7.44. The summed E-state index contributed by atoms with van der Waals surface area (Å²) in [6, 6.07) is 7.77. The lowest BCUT2D eigenvalue weighted by Gasteiger charge is -2.17. The molecule has 1 heterocycles. The molecule has 8 heteroatoms. The SMILES string of the molecule is CC[C@H](NC(=O)c1n[nH]c([N+](=O)[O-])c1Cl)c1ccc(C(C)C)cc1. The Morgan fingerprint density at radius 2 is 1.92 bits per heavy atom. The van der Waals surface area contributed by atoms with Gasteiger partial charge < -0.3 is 15.4 Å². The number of halogens is 1. The molecule has 0 saturated heterocycles. The van der Waals surface area contributed by atoms with E-state index in [0.29, 0.717) is 12.3 Å². The number of nitrogens with zero attached hydrogens (tertiary/aromatic N) is 2. The minimum absolute atomic E-state index is 0.180. The molecule has 7 nitrogen and oxygen atoms in total. The highest BCUT2D eigenvalue weighted by Gasteiger charge is 2.26. The van der Waals surface area contributed by atoms with Crippen molar-refractivity contribution in [1.82, 2.24) is 15.5 Å². The van der Waals surface area contributed by atoms with Gasteiger partial charge in [0, 0.05) is 0 Å². The number of carbonyl (C=O) groups excluding carboxylic acids is 1. The van der Waals surface area contributed by atoms with Crippen LogP contribution in [0.3, 0.4) is 0 Å². The summed E-state index contributed by atoms with van der Waals surface area (Å²) in [6.07, 6.45) is 0.664. The molecule has 0 fully saturated rings. The van der Waals surface area contributed by atoms with Crippen LogP contribution in [-0.4, -0.2) is 21.0 Å². The Kier molecular flexibility index (Phi) is 5.56. The molecule has 0 aliphatic rings. The zero-order chi connectivity index (χ0) is 17.9. The fraction of sp³-hybridized carbons (Fsp3) is 0.375. The summed E-state index contributed by atoms with van der Waals surface area (Å²) in [5.41, 5.74) is 1.99. The van der Waals surface area contributed by atoms with Crippen LogP contribution in [0.2, 0.25) is 5.02 Å². The van der Waals surface area contributed by atoms with Crippen LogP contribution in [0.4, 0.5) is 5.82 Å². The Bertz CT molecular complexity index is 740. The minimum atomic E-state index is -0.714. The summed E-state index contributed by atoms with van der Waals surface area (Å²) in [5.74, 6) is -0.614. The number of rotatable bonds is 6. The highest BCUT2D eigenvalue weighted by molar-refractivity contribution is 6.35. The number of benzene rings is 1. The molecule has 0 saturated carbocycles. The van der Waals surface area contributed by atoms with Gasteiger partial charge in [-0.3, -0.25) is 4.79 Å². The molecule has 0 aliphatic carbocycles. The summed E-state index contributed by atoms with van der Waals surface area (Å²) >= 11 is 5.85. The third-order valence-corrected chi connectivity index (χ3v) is 4.16. The molecule has 128 valence electrons. The van der Waals surface area contributed by atoms with E-state index in [2.05, 4.69) is 29.4 Å². The van der Waals surface area contributed by atoms with Crippen LogP contribution in [0.15, 0.2) is 24.3 Å². The van der Waals surface area contributed by atoms with E-state index < -0.39 is 16.6 Å². The van der Waals surface area contributed by atoms with Gasteiger partial charge in [-0.15, -0.1) is 5.10 Å². The predicted molar refractivity (Wildman–Crippen MR) is 91.3 cm³/mol. The first-order valence-electron chi connectivity index (χ1n) is 7.64. The normalized spacial score (nSPS) is 12.2. The van der Waals surface area contributed by atoms with Crippen molar-refractivity contribution in [3.05, 3.63) is 56.2 Å². The molecule has 2 aromatic rings. The smallest absolute Gasteiger partial charge is 0.358 e. The van der Waals surface area contributed by atoms with Gasteiger partial charge in [-0.1, -0.05) is 61.7 Å². The van der Waals surface area contributed by atoms with Gasteiger partial charge in [0.05, 0.1) is 6.04 Å². The summed E-state index contributed by atoms with van der Waals surface area (Å²) < 4.78 is 0. The lowest BCUT2D eigenvalue weighted by Crippen LogP contribution is -2.28. The third-order valence-electron chi connectivity index (χ3n) is 3.81. The van der Waals surface area contributed by atoms with Crippen LogP contribution in [0.5, 0.6) is 0 Å². The van der Waals surface area contributed by atoms with Crippen LogP contribution < -0.4 is 5.32 Å². The van der Waals surface area contributed by atoms with E-state index in [4.69, 9.17) is 11.6 Å². The average molecular weight is 351 g/mol. The van der Waals surface area contributed by atoms with E-state index in [1.54, 1.807) is 0 Å². The zero-order valence-electron chi connectivity index (χ0n) is 13.7. The highest BCUT2D eigenvalue weighted by atomic mass is 35.5. The fourth-order valence-electron chi connectivity index (χ4n) is 2.35. The summed E-state index contributed by atoms with van der Waals surface area (Å²) in [4.78, 5) is 22.4. The summed E-state index contributed by atoms with van der Waals surface area (Å²) in [7, 11) is 0. The second-order valence-electron chi connectivity index (χ2n) is 5.75. The number of hydrogen-bond donors (Lipinski definition) is 2. The lowest BCUT2D eigenvalue weighted by molar-refractivity contribution is -0.389. The van der Waals surface area contributed by atoms with Crippen LogP contribution >= 0.6 is 11.6 Å². The van der Waals surface area contributed by atoms with Crippen LogP contribution in [0, 0.1) is 10.1 Å². The molecule has 0 radical (unpaired) electrons. The predicted octanol–water partition coefficient (Wildman–Crippen LogP) is 3.98. The van der Waals surface area contributed by atoms with Gasteiger partial charge in [-0.2, -0.15) is 0 Å². The Morgan fingerprint density at radius 1 is 1.33 bits per heavy atom. The Labute approximate surface area is 144 Å². The molecule has 2 N–H and O–H groups in total. The van der Waals surface area contributed by atoms with Crippen LogP contribution in [0.25, 0.3) is 0 Å². The quantitative estimate of drug-likeness (QED) is 0.607. The molecule has 0 aliphatic heterocycles. The maximum absolute atomic E-state index is 12.3. The van der Waals surface area contributed by atoms with Gasteiger partial charge in [-0.25, -0.2) is 0 Å². The Hall–Kier alpha value is -2.41. The largest absolute Gasteiger partial charge is 0.362 e. The molecule has 0 unspecified atom stereocenters. The fourth-order valence-corrected chi connectivity index (χ4v) is 2.59. The number of nitro groups is 1. The van der Waals surface area contributed by atoms with Crippen molar-refractivity contribution in [3.63, 3.8) is 0 Å². The molecular weight excluding hydrogens is 332 g/mol. The monoisotopic (exact) mass is 350 g/mol. The van der Waals surface area contributed by atoms with E-state index in [0.717, 1.165) is 5.56 Å². The molecule has 2 rings (SSSR count). The number of H-pyrrole nitrogens is 1. The number of aromatic amines is 1.